The van der Waals surface area contributed by atoms with Crippen LogP contribution in [0.25, 0.3) is 0 Å². The van der Waals surface area contributed by atoms with E-state index in [1.165, 1.54) is 23.8 Å². The summed E-state index contributed by atoms with van der Waals surface area (Å²) in [6.45, 7) is 1.91. The Hall–Kier alpha value is -3.59. The summed E-state index contributed by atoms with van der Waals surface area (Å²) in [6.07, 6.45) is -2.77. The quantitative estimate of drug-likeness (QED) is 0.421. The zero-order valence-electron chi connectivity index (χ0n) is 20.6. The first-order chi connectivity index (χ1) is 17.7. The van der Waals surface area contributed by atoms with Crippen LogP contribution < -0.4 is 10.1 Å². The second-order valence-corrected chi connectivity index (χ2v) is 9.45. The van der Waals surface area contributed by atoms with Crippen molar-refractivity contribution in [2.24, 2.45) is 4.99 Å². The van der Waals surface area contributed by atoms with E-state index in [9.17, 15) is 17.6 Å². The fraction of sp³-hybridized carbons (Fsp3) is 0.321. The van der Waals surface area contributed by atoms with Gasteiger partial charge in [0.15, 0.2) is 0 Å². The lowest BCUT2D eigenvalue weighted by atomic mass is 10.0. The van der Waals surface area contributed by atoms with E-state index in [-0.39, 0.29) is 6.04 Å². The fourth-order valence-corrected chi connectivity index (χ4v) is 4.85. The smallest absolute Gasteiger partial charge is 0.416 e. The van der Waals surface area contributed by atoms with Gasteiger partial charge in [-0.2, -0.15) is 13.2 Å². The highest BCUT2D eigenvalue weighted by atomic mass is 19.4. The van der Waals surface area contributed by atoms with Crippen molar-refractivity contribution in [3.05, 3.63) is 83.2 Å². The van der Waals surface area contributed by atoms with Gasteiger partial charge in [-0.15, -0.1) is 0 Å². The Kier molecular flexibility index (Phi) is 6.81. The van der Waals surface area contributed by atoms with Crippen molar-refractivity contribution >= 4 is 22.9 Å². The number of alkyl halides is 3. The lowest BCUT2D eigenvalue weighted by Crippen LogP contribution is -2.53. The molecule has 1 saturated heterocycles. The number of methoxy groups -OCH3 is 1. The average Bonchev–Trinajstić information content (AvgIpc) is 3.04. The summed E-state index contributed by atoms with van der Waals surface area (Å²) in [4.78, 5) is 9.03. The molecular weight excluding hydrogens is 484 g/mol. The standard InChI is InChI=1S/C28H28F4N4O/c1-35-13-14-36(17-21(35)8-3-18-4-9-22(37-2)10-5-18)27-23-15-19(28(30,31)32)6-11-24(23)33-25-12-7-20(29)16-26(25)34-27/h4-7,9-12,15-16,21,33H,3,8,13-14,17H2,1-2H3. The number of likely N-dealkylation sites (N-methyl/N-ethyl adjacent to an activating group) is 1. The molecule has 0 bridgehead atoms. The molecule has 0 spiro atoms. The minimum absolute atomic E-state index is 0.163. The van der Waals surface area contributed by atoms with Gasteiger partial charge >= 0.3 is 6.18 Å². The van der Waals surface area contributed by atoms with Crippen LogP contribution in [0.4, 0.5) is 34.6 Å². The Labute approximate surface area is 213 Å². The highest BCUT2D eigenvalue weighted by molar-refractivity contribution is 6.08. The molecule has 0 radical (unpaired) electrons. The second-order valence-electron chi connectivity index (χ2n) is 9.45. The number of benzene rings is 3. The summed E-state index contributed by atoms with van der Waals surface area (Å²) in [6, 6.07) is 15.9. The molecule has 37 heavy (non-hydrogen) atoms. The molecule has 5 nitrogen and oxygen atoms in total. The first-order valence-corrected chi connectivity index (χ1v) is 12.2. The van der Waals surface area contributed by atoms with Gasteiger partial charge in [-0.25, -0.2) is 9.38 Å². The van der Waals surface area contributed by atoms with Crippen LogP contribution in [0, 0.1) is 5.82 Å². The van der Waals surface area contributed by atoms with Crippen LogP contribution in [0.5, 0.6) is 5.75 Å². The summed E-state index contributed by atoms with van der Waals surface area (Å²) in [5, 5.41) is 3.16. The number of fused-ring (bicyclic) bond motifs is 2. The van der Waals surface area contributed by atoms with Crippen LogP contribution in [-0.2, 0) is 12.6 Å². The lowest BCUT2D eigenvalue weighted by molar-refractivity contribution is -0.137. The molecule has 1 N–H and O–H groups in total. The van der Waals surface area contributed by atoms with Gasteiger partial charge in [0.05, 0.1) is 24.0 Å². The van der Waals surface area contributed by atoms with E-state index >= 15 is 0 Å². The van der Waals surface area contributed by atoms with E-state index in [0.29, 0.717) is 41.6 Å². The third-order valence-electron chi connectivity index (χ3n) is 7.05. The van der Waals surface area contributed by atoms with Gasteiger partial charge in [-0.3, -0.25) is 4.90 Å². The van der Waals surface area contributed by atoms with Crippen molar-refractivity contribution in [1.29, 1.82) is 0 Å². The number of ether oxygens (including phenoxy) is 1. The maximum Gasteiger partial charge on any atom is 0.416 e. The largest absolute Gasteiger partial charge is 0.497 e. The number of hydrogen-bond acceptors (Lipinski definition) is 5. The number of nitrogens with one attached hydrogen (secondary N) is 1. The van der Waals surface area contributed by atoms with E-state index in [0.717, 1.165) is 37.3 Å². The van der Waals surface area contributed by atoms with Crippen LogP contribution >= 0.6 is 0 Å². The normalized spacial score (nSPS) is 17.8. The number of hydrogen-bond donors (Lipinski definition) is 1. The third-order valence-corrected chi connectivity index (χ3v) is 7.05. The van der Waals surface area contributed by atoms with Crippen molar-refractivity contribution in [3.63, 3.8) is 0 Å². The predicted octanol–water partition coefficient (Wildman–Crippen LogP) is 6.24. The molecule has 0 aliphatic carbocycles. The van der Waals surface area contributed by atoms with Crippen LogP contribution in [0.3, 0.4) is 0 Å². The first kappa shape index (κ1) is 25.1. The van der Waals surface area contributed by atoms with Crippen LogP contribution in [0.1, 0.15) is 23.1 Å². The van der Waals surface area contributed by atoms with Crippen molar-refractivity contribution in [3.8, 4) is 5.75 Å². The predicted molar refractivity (Wildman–Crippen MR) is 137 cm³/mol. The zero-order chi connectivity index (χ0) is 26.2. The van der Waals surface area contributed by atoms with Crippen molar-refractivity contribution in [2.45, 2.75) is 25.1 Å². The maximum atomic E-state index is 14.1. The first-order valence-electron chi connectivity index (χ1n) is 12.2. The zero-order valence-corrected chi connectivity index (χ0v) is 20.6. The Morgan fingerprint density at radius 3 is 2.49 bits per heavy atom. The van der Waals surface area contributed by atoms with Crippen LogP contribution in [0.15, 0.2) is 65.7 Å². The Balaban J connectivity index is 1.46. The van der Waals surface area contributed by atoms with E-state index in [1.807, 2.05) is 29.2 Å². The Morgan fingerprint density at radius 1 is 1.00 bits per heavy atom. The molecule has 1 atom stereocenters. The summed E-state index contributed by atoms with van der Waals surface area (Å²) in [5.74, 6) is 0.764. The van der Waals surface area contributed by atoms with Crippen LogP contribution in [0.2, 0.25) is 0 Å². The molecule has 5 rings (SSSR count). The molecule has 2 aliphatic rings. The summed E-state index contributed by atoms with van der Waals surface area (Å²) < 4.78 is 60.2. The highest BCUT2D eigenvalue weighted by Crippen LogP contribution is 2.39. The number of anilines is 2. The van der Waals surface area contributed by atoms with Gasteiger partial charge in [-0.1, -0.05) is 12.1 Å². The van der Waals surface area contributed by atoms with E-state index < -0.39 is 17.6 Å². The average molecular weight is 513 g/mol. The monoisotopic (exact) mass is 512 g/mol. The van der Waals surface area contributed by atoms with Crippen LogP contribution in [-0.4, -0.2) is 55.5 Å². The van der Waals surface area contributed by atoms with Crippen molar-refractivity contribution in [1.82, 2.24) is 9.80 Å². The number of aliphatic imine (C=N–C) groups is 1. The number of aryl methyl sites for hydroxylation is 1. The minimum Gasteiger partial charge on any atom is -0.497 e. The van der Waals surface area contributed by atoms with E-state index in [1.54, 1.807) is 13.2 Å². The molecule has 2 heterocycles. The number of halogens is 4. The fourth-order valence-electron chi connectivity index (χ4n) is 4.85. The Bertz CT molecular complexity index is 1310. The van der Waals surface area contributed by atoms with E-state index in [2.05, 4.69) is 17.3 Å². The highest BCUT2D eigenvalue weighted by Gasteiger charge is 2.34. The Morgan fingerprint density at radius 2 is 1.76 bits per heavy atom. The second kappa shape index (κ2) is 10.0. The van der Waals surface area contributed by atoms with E-state index in [4.69, 9.17) is 9.73 Å². The molecule has 1 fully saturated rings. The van der Waals surface area contributed by atoms with Gasteiger partial charge in [0.2, 0.25) is 0 Å². The summed E-state index contributed by atoms with van der Waals surface area (Å²) >= 11 is 0. The molecule has 0 amide bonds. The SMILES string of the molecule is COc1ccc(CCC2CN(C3=Nc4cc(F)ccc4Nc4ccc(C(F)(F)F)cc43)CCN2C)cc1. The molecule has 3 aromatic carbocycles. The van der Waals surface area contributed by atoms with Gasteiger partial charge in [-0.05, 0) is 67.9 Å². The molecule has 0 aromatic heterocycles. The summed E-state index contributed by atoms with van der Waals surface area (Å²) in [5.41, 5.74) is 2.20. The van der Waals surface area contributed by atoms with Gasteiger partial charge in [0.1, 0.15) is 17.4 Å². The molecule has 2 aliphatic heterocycles. The molecule has 3 aromatic rings. The number of amidine groups is 1. The molecule has 9 heteroatoms. The minimum atomic E-state index is -4.49. The topological polar surface area (TPSA) is 40.1 Å². The summed E-state index contributed by atoms with van der Waals surface area (Å²) in [7, 11) is 3.70. The third kappa shape index (κ3) is 5.41. The van der Waals surface area contributed by atoms with Crippen molar-refractivity contribution < 1.29 is 22.3 Å². The molecule has 0 saturated carbocycles. The number of rotatable bonds is 4. The van der Waals surface area contributed by atoms with Gasteiger partial charge in [0.25, 0.3) is 0 Å². The van der Waals surface area contributed by atoms with Crippen molar-refractivity contribution in [2.75, 3.05) is 39.1 Å². The van der Waals surface area contributed by atoms with Gasteiger partial charge in [0, 0.05) is 43.0 Å². The number of piperazine rings is 1. The van der Waals surface area contributed by atoms with Gasteiger partial charge < -0.3 is 15.0 Å². The molecular formula is C28H28F4N4O. The number of nitrogens with zero attached hydrogens (tertiary/aromatic N) is 3. The lowest BCUT2D eigenvalue weighted by Gasteiger charge is -2.41. The molecule has 1 unspecified atom stereocenters. The molecule has 194 valence electrons. The maximum absolute atomic E-state index is 14.1.